The van der Waals surface area contributed by atoms with Gasteiger partial charge in [-0.3, -0.25) is 4.79 Å². The molecule has 0 aliphatic carbocycles. The van der Waals surface area contributed by atoms with Crippen LogP contribution in [0.25, 0.3) is 0 Å². The number of piperidine rings is 1. The number of benzene rings is 2. The smallest absolute Gasteiger partial charge is 0.319 e. The van der Waals surface area contributed by atoms with Gasteiger partial charge in [0.25, 0.3) is 5.91 Å². The van der Waals surface area contributed by atoms with E-state index in [-0.39, 0.29) is 30.3 Å². The number of rotatable bonds is 5. The lowest BCUT2D eigenvalue weighted by molar-refractivity contribution is 0.0675. The molecule has 1 heterocycles. The number of nitrogens with two attached hydrogens (primary N) is 1. The Balaban J connectivity index is 0.00000300. The molecule has 4 N–H and O–H groups in total. The minimum atomic E-state index is -0.404. The molecule has 1 aliphatic heterocycles. The SMILES string of the molecule is Cl.NCc1ccc(C(=O)N2CCCC(CNC(=O)Nc3cccc(F)c3)C2)cc1. The highest BCUT2D eigenvalue weighted by molar-refractivity contribution is 5.94. The fourth-order valence-corrected chi connectivity index (χ4v) is 3.36. The summed E-state index contributed by atoms with van der Waals surface area (Å²) in [5.74, 6) is -0.226. The van der Waals surface area contributed by atoms with Crippen molar-refractivity contribution in [2.75, 3.05) is 25.0 Å². The molecule has 2 aromatic carbocycles. The highest BCUT2D eigenvalue weighted by atomic mass is 35.5. The van der Waals surface area contributed by atoms with Crippen molar-refractivity contribution in [1.82, 2.24) is 10.2 Å². The van der Waals surface area contributed by atoms with Gasteiger partial charge in [0.15, 0.2) is 0 Å². The quantitative estimate of drug-likeness (QED) is 0.692. The van der Waals surface area contributed by atoms with Gasteiger partial charge in [-0.1, -0.05) is 18.2 Å². The Kier molecular flexibility index (Phi) is 8.42. The molecule has 0 spiro atoms. The monoisotopic (exact) mass is 420 g/mol. The Labute approximate surface area is 176 Å². The van der Waals surface area contributed by atoms with Crippen LogP contribution in [0.1, 0.15) is 28.8 Å². The van der Waals surface area contributed by atoms with E-state index in [0.717, 1.165) is 18.4 Å². The lowest BCUT2D eigenvalue weighted by Gasteiger charge is -2.33. The highest BCUT2D eigenvalue weighted by Crippen LogP contribution is 2.19. The van der Waals surface area contributed by atoms with Crippen LogP contribution >= 0.6 is 12.4 Å². The average molecular weight is 421 g/mol. The van der Waals surface area contributed by atoms with Gasteiger partial charge in [0.05, 0.1) is 0 Å². The summed E-state index contributed by atoms with van der Waals surface area (Å²) in [4.78, 5) is 26.6. The third-order valence-electron chi connectivity index (χ3n) is 4.88. The maximum absolute atomic E-state index is 13.2. The Bertz CT molecular complexity index is 832. The van der Waals surface area contributed by atoms with Gasteiger partial charge in [0.1, 0.15) is 5.82 Å². The van der Waals surface area contributed by atoms with Crippen LogP contribution in [0.2, 0.25) is 0 Å². The van der Waals surface area contributed by atoms with Gasteiger partial charge in [-0.2, -0.15) is 0 Å². The molecule has 156 valence electrons. The van der Waals surface area contributed by atoms with Gasteiger partial charge in [0.2, 0.25) is 0 Å². The zero-order chi connectivity index (χ0) is 19.9. The summed E-state index contributed by atoms with van der Waals surface area (Å²) in [6, 6.07) is 12.7. The maximum atomic E-state index is 13.2. The Morgan fingerprint density at radius 2 is 1.93 bits per heavy atom. The summed E-state index contributed by atoms with van der Waals surface area (Å²) < 4.78 is 13.2. The fourth-order valence-electron chi connectivity index (χ4n) is 3.36. The van der Waals surface area contributed by atoms with Crippen LogP contribution in [0.3, 0.4) is 0 Å². The first-order valence-corrected chi connectivity index (χ1v) is 9.44. The van der Waals surface area contributed by atoms with E-state index in [1.54, 1.807) is 18.2 Å². The molecule has 0 aromatic heterocycles. The average Bonchev–Trinajstić information content (AvgIpc) is 2.72. The second kappa shape index (κ2) is 10.8. The number of nitrogens with zero attached hydrogens (tertiary/aromatic N) is 1. The van der Waals surface area contributed by atoms with Crippen LogP contribution in [-0.2, 0) is 6.54 Å². The second-order valence-corrected chi connectivity index (χ2v) is 7.01. The topological polar surface area (TPSA) is 87.5 Å². The molecule has 3 rings (SSSR count). The first kappa shape index (κ1) is 22.6. The molecule has 2 aromatic rings. The zero-order valence-electron chi connectivity index (χ0n) is 16.1. The molecule has 0 saturated carbocycles. The number of urea groups is 1. The summed E-state index contributed by atoms with van der Waals surface area (Å²) in [6.07, 6.45) is 1.83. The lowest BCUT2D eigenvalue weighted by atomic mass is 9.97. The van der Waals surface area contributed by atoms with Crippen molar-refractivity contribution < 1.29 is 14.0 Å². The maximum Gasteiger partial charge on any atom is 0.319 e. The first-order chi connectivity index (χ1) is 13.5. The molecular formula is C21H26ClFN4O2. The molecule has 0 radical (unpaired) electrons. The number of carbonyl (C=O) groups is 2. The Morgan fingerprint density at radius 3 is 2.62 bits per heavy atom. The molecule has 8 heteroatoms. The molecule has 29 heavy (non-hydrogen) atoms. The van der Waals surface area contributed by atoms with Crippen LogP contribution in [0.5, 0.6) is 0 Å². The van der Waals surface area contributed by atoms with E-state index in [1.807, 2.05) is 17.0 Å². The van der Waals surface area contributed by atoms with Crippen LogP contribution in [-0.4, -0.2) is 36.5 Å². The van der Waals surface area contributed by atoms with E-state index in [0.29, 0.717) is 37.4 Å². The number of anilines is 1. The summed E-state index contributed by atoms with van der Waals surface area (Å²) in [5.41, 5.74) is 7.63. The van der Waals surface area contributed by atoms with Crippen molar-refractivity contribution in [2.24, 2.45) is 11.7 Å². The largest absolute Gasteiger partial charge is 0.338 e. The van der Waals surface area contributed by atoms with Gasteiger partial charge < -0.3 is 21.3 Å². The van der Waals surface area contributed by atoms with Gasteiger partial charge >= 0.3 is 6.03 Å². The molecule has 1 unspecified atom stereocenters. The van der Waals surface area contributed by atoms with Crippen molar-refractivity contribution in [1.29, 1.82) is 0 Å². The van der Waals surface area contributed by atoms with E-state index in [4.69, 9.17) is 5.73 Å². The number of hydrogen-bond donors (Lipinski definition) is 3. The van der Waals surface area contributed by atoms with Crippen LogP contribution in [0.15, 0.2) is 48.5 Å². The minimum Gasteiger partial charge on any atom is -0.338 e. The van der Waals surface area contributed by atoms with Gasteiger partial charge in [-0.05, 0) is 54.7 Å². The molecule has 3 amide bonds. The number of amides is 3. The molecule has 0 bridgehead atoms. The van der Waals surface area contributed by atoms with Crippen LogP contribution in [0, 0.1) is 11.7 Å². The predicted octanol–water partition coefficient (Wildman–Crippen LogP) is 3.38. The van der Waals surface area contributed by atoms with Crippen LogP contribution < -0.4 is 16.4 Å². The Hall–Kier alpha value is -2.64. The predicted molar refractivity (Wildman–Crippen MR) is 114 cm³/mol. The summed E-state index contributed by atoms with van der Waals surface area (Å²) in [7, 11) is 0. The second-order valence-electron chi connectivity index (χ2n) is 7.01. The molecule has 1 aliphatic rings. The summed E-state index contributed by atoms with van der Waals surface area (Å²) in [5, 5.41) is 5.42. The van der Waals surface area contributed by atoms with Crippen molar-refractivity contribution in [3.63, 3.8) is 0 Å². The molecule has 6 nitrogen and oxygen atoms in total. The standard InChI is InChI=1S/C21H25FN4O2.ClH/c22-18-4-1-5-19(11-18)25-21(28)24-13-16-3-2-10-26(14-16)20(27)17-8-6-15(12-23)7-9-17;/h1,4-9,11,16H,2-3,10,12-14,23H2,(H2,24,25,28);1H. The Morgan fingerprint density at radius 1 is 1.17 bits per heavy atom. The minimum absolute atomic E-state index is 0. The van der Waals surface area contributed by atoms with Crippen molar-refractivity contribution in [3.05, 3.63) is 65.5 Å². The number of likely N-dealkylation sites (tertiary alicyclic amines) is 1. The third-order valence-corrected chi connectivity index (χ3v) is 4.88. The van der Waals surface area contributed by atoms with Gasteiger partial charge in [0, 0.05) is 37.4 Å². The zero-order valence-corrected chi connectivity index (χ0v) is 16.9. The van der Waals surface area contributed by atoms with Crippen molar-refractivity contribution in [2.45, 2.75) is 19.4 Å². The molecular weight excluding hydrogens is 395 g/mol. The molecule has 1 fully saturated rings. The van der Waals surface area contributed by atoms with Crippen LogP contribution in [0.4, 0.5) is 14.9 Å². The van der Waals surface area contributed by atoms with E-state index in [9.17, 15) is 14.0 Å². The van der Waals surface area contributed by atoms with Gasteiger partial charge in [-0.25, -0.2) is 9.18 Å². The van der Waals surface area contributed by atoms with E-state index in [2.05, 4.69) is 10.6 Å². The van der Waals surface area contributed by atoms with Gasteiger partial charge in [-0.15, -0.1) is 12.4 Å². The fraction of sp³-hybridized carbons (Fsp3) is 0.333. The van der Waals surface area contributed by atoms with Crippen molar-refractivity contribution in [3.8, 4) is 0 Å². The molecule has 1 saturated heterocycles. The van der Waals surface area contributed by atoms with E-state index < -0.39 is 5.82 Å². The molecule has 1 atom stereocenters. The number of nitrogens with one attached hydrogen (secondary N) is 2. The normalized spacial score (nSPS) is 15.9. The first-order valence-electron chi connectivity index (χ1n) is 9.44. The lowest BCUT2D eigenvalue weighted by Crippen LogP contribution is -2.44. The number of hydrogen-bond acceptors (Lipinski definition) is 3. The summed E-state index contributed by atoms with van der Waals surface area (Å²) in [6.45, 7) is 2.21. The third kappa shape index (κ3) is 6.44. The van der Waals surface area contributed by atoms with E-state index >= 15 is 0 Å². The van der Waals surface area contributed by atoms with E-state index in [1.165, 1.54) is 18.2 Å². The highest BCUT2D eigenvalue weighted by Gasteiger charge is 2.24. The van der Waals surface area contributed by atoms with Crippen molar-refractivity contribution >= 4 is 30.0 Å². The summed E-state index contributed by atoms with van der Waals surface area (Å²) >= 11 is 0. The number of carbonyl (C=O) groups excluding carboxylic acids is 2. The number of halogens is 2.